The van der Waals surface area contributed by atoms with Crippen molar-refractivity contribution >= 4 is 23.5 Å². The van der Waals surface area contributed by atoms with Crippen LogP contribution in [0, 0.1) is 5.41 Å². The van der Waals surface area contributed by atoms with Gasteiger partial charge in [-0.15, -0.1) is 0 Å². The lowest BCUT2D eigenvalue weighted by atomic mass is 9.72. The van der Waals surface area contributed by atoms with E-state index in [9.17, 15) is 19.2 Å². The van der Waals surface area contributed by atoms with E-state index in [-0.39, 0.29) is 12.8 Å². The van der Waals surface area contributed by atoms with Crippen LogP contribution in [0.5, 0.6) is 0 Å². The second-order valence-electron chi connectivity index (χ2n) is 3.15. The van der Waals surface area contributed by atoms with E-state index >= 15 is 0 Å². The second kappa shape index (κ2) is 3.21. The number of rotatable bonds is 2. The highest BCUT2D eigenvalue weighted by Crippen LogP contribution is 2.32. The van der Waals surface area contributed by atoms with Gasteiger partial charge in [-0.2, -0.15) is 0 Å². The molecule has 1 aliphatic rings. The van der Waals surface area contributed by atoms with Gasteiger partial charge in [-0.3, -0.25) is 19.2 Å². The number of carbonyl (C=O) groups is 4. The first-order valence-electron chi connectivity index (χ1n) is 3.93. The van der Waals surface area contributed by atoms with Crippen LogP contribution in [-0.2, 0) is 19.2 Å². The number of Topliss-reactive ketones (excluding diaryl/α,β-unsaturated/α-hetero) is 2. The Morgan fingerprint density at radius 1 is 1.07 bits per heavy atom. The van der Waals surface area contributed by atoms with Gasteiger partial charge in [0.2, 0.25) is 5.41 Å². The van der Waals surface area contributed by atoms with Crippen molar-refractivity contribution in [2.24, 2.45) is 5.41 Å². The minimum Gasteiger partial charge on any atom is -0.480 e. The van der Waals surface area contributed by atoms with Crippen LogP contribution >= 0.6 is 0 Å². The van der Waals surface area contributed by atoms with E-state index < -0.39 is 35.3 Å². The summed E-state index contributed by atoms with van der Waals surface area (Å²) in [6, 6.07) is 0. The first kappa shape index (κ1) is 10.4. The highest BCUT2D eigenvalue weighted by Gasteiger charge is 2.56. The molecule has 14 heavy (non-hydrogen) atoms. The maximum Gasteiger partial charge on any atom is 0.329 e. The second-order valence-corrected chi connectivity index (χ2v) is 3.15. The van der Waals surface area contributed by atoms with Crippen LogP contribution in [0.4, 0.5) is 0 Å². The summed E-state index contributed by atoms with van der Waals surface area (Å²) in [7, 11) is 0. The fraction of sp³-hybridized carbons (Fsp3) is 0.500. The van der Waals surface area contributed by atoms with Crippen molar-refractivity contribution in [3.05, 3.63) is 0 Å². The third kappa shape index (κ3) is 1.28. The summed E-state index contributed by atoms with van der Waals surface area (Å²) in [5.41, 5.74) is -2.55. The topological polar surface area (TPSA) is 109 Å². The quantitative estimate of drug-likeness (QED) is 0.579. The molecule has 1 aliphatic carbocycles. The van der Waals surface area contributed by atoms with E-state index in [1.807, 2.05) is 0 Å². The van der Waals surface area contributed by atoms with E-state index in [4.69, 9.17) is 10.2 Å². The van der Waals surface area contributed by atoms with Crippen molar-refractivity contribution in [2.75, 3.05) is 0 Å². The molecule has 0 radical (unpaired) electrons. The van der Waals surface area contributed by atoms with Crippen molar-refractivity contribution in [1.82, 2.24) is 0 Å². The lowest BCUT2D eigenvalue weighted by Gasteiger charge is -2.26. The van der Waals surface area contributed by atoms with Crippen LogP contribution in [-0.4, -0.2) is 33.7 Å². The fourth-order valence-corrected chi connectivity index (χ4v) is 1.43. The van der Waals surface area contributed by atoms with Crippen molar-refractivity contribution in [3.63, 3.8) is 0 Å². The van der Waals surface area contributed by atoms with Gasteiger partial charge in [-0.05, 0) is 0 Å². The molecule has 0 aromatic heterocycles. The average Bonchev–Trinajstić information content (AvgIpc) is 2.08. The molecule has 0 spiro atoms. The standard InChI is InChI=1S/C8H8O6/c9-4-1-2-5(10)8(3-4,6(11)12)7(13)14/h1-3H2,(H,11,12)(H,13,14). The number of hydrogen-bond acceptors (Lipinski definition) is 4. The fourth-order valence-electron chi connectivity index (χ4n) is 1.43. The highest BCUT2D eigenvalue weighted by atomic mass is 16.4. The molecule has 0 heterocycles. The summed E-state index contributed by atoms with van der Waals surface area (Å²) >= 11 is 0. The molecule has 0 aromatic carbocycles. The molecule has 6 nitrogen and oxygen atoms in total. The Morgan fingerprint density at radius 3 is 1.93 bits per heavy atom. The zero-order chi connectivity index (χ0) is 10.9. The number of aliphatic carboxylic acids is 2. The first-order valence-corrected chi connectivity index (χ1v) is 3.93. The molecule has 0 saturated heterocycles. The molecule has 1 rings (SSSR count). The zero-order valence-electron chi connectivity index (χ0n) is 7.15. The van der Waals surface area contributed by atoms with Gasteiger partial charge >= 0.3 is 11.9 Å². The maximum atomic E-state index is 11.2. The molecule has 0 amide bonds. The molecule has 0 atom stereocenters. The molecule has 0 aromatic rings. The summed E-state index contributed by atoms with van der Waals surface area (Å²) in [6.07, 6.45) is -1.12. The summed E-state index contributed by atoms with van der Waals surface area (Å²) in [4.78, 5) is 43.6. The minimum atomic E-state index is -2.55. The van der Waals surface area contributed by atoms with Gasteiger partial charge in [0.05, 0.1) is 0 Å². The van der Waals surface area contributed by atoms with Gasteiger partial charge in [-0.1, -0.05) is 0 Å². The molecule has 6 heteroatoms. The summed E-state index contributed by atoms with van der Waals surface area (Å²) in [5.74, 6) is -4.93. The van der Waals surface area contributed by atoms with E-state index in [2.05, 4.69) is 0 Å². The summed E-state index contributed by atoms with van der Waals surface area (Å²) < 4.78 is 0. The predicted molar refractivity (Wildman–Crippen MR) is 41.6 cm³/mol. The summed E-state index contributed by atoms with van der Waals surface area (Å²) in [5, 5.41) is 17.4. The normalized spacial score (nSPS) is 20.6. The van der Waals surface area contributed by atoms with Crippen molar-refractivity contribution < 1.29 is 29.4 Å². The van der Waals surface area contributed by atoms with Crippen molar-refractivity contribution in [2.45, 2.75) is 19.3 Å². The van der Waals surface area contributed by atoms with Crippen LogP contribution in [0.3, 0.4) is 0 Å². The Labute approximate surface area is 78.5 Å². The maximum absolute atomic E-state index is 11.2. The molecule has 1 saturated carbocycles. The van der Waals surface area contributed by atoms with Crippen molar-refractivity contribution in [1.29, 1.82) is 0 Å². The highest BCUT2D eigenvalue weighted by molar-refractivity contribution is 6.23. The molecular weight excluding hydrogens is 192 g/mol. The Bertz CT molecular complexity index is 315. The lowest BCUT2D eigenvalue weighted by Crippen LogP contribution is -2.50. The van der Waals surface area contributed by atoms with E-state index in [1.165, 1.54) is 0 Å². The molecule has 2 N–H and O–H groups in total. The van der Waals surface area contributed by atoms with Crippen LogP contribution in [0.2, 0.25) is 0 Å². The zero-order valence-corrected chi connectivity index (χ0v) is 7.15. The monoisotopic (exact) mass is 200 g/mol. The van der Waals surface area contributed by atoms with Crippen LogP contribution in [0.25, 0.3) is 0 Å². The smallest absolute Gasteiger partial charge is 0.329 e. The van der Waals surface area contributed by atoms with E-state index in [0.29, 0.717) is 0 Å². The number of carboxylic acid groups (broad SMARTS) is 2. The van der Waals surface area contributed by atoms with Gasteiger partial charge in [0.25, 0.3) is 0 Å². The Balaban J connectivity index is 3.18. The van der Waals surface area contributed by atoms with Crippen LogP contribution in [0.15, 0.2) is 0 Å². The summed E-state index contributed by atoms with van der Waals surface area (Å²) in [6.45, 7) is 0. The molecule has 0 aliphatic heterocycles. The van der Waals surface area contributed by atoms with Gasteiger partial charge in [0.15, 0.2) is 5.78 Å². The van der Waals surface area contributed by atoms with E-state index in [0.717, 1.165) is 0 Å². The molecule has 76 valence electrons. The number of ketones is 2. The van der Waals surface area contributed by atoms with Gasteiger partial charge < -0.3 is 10.2 Å². The lowest BCUT2D eigenvalue weighted by molar-refractivity contribution is -0.172. The third-order valence-electron chi connectivity index (χ3n) is 2.30. The number of carboxylic acids is 2. The van der Waals surface area contributed by atoms with Crippen LogP contribution in [0.1, 0.15) is 19.3 Å². The van der Waals surface area contributed by atoms with E-state index in [1.54, 1.807) is 0 Å². The van der Waals surface area contributed by atoms with Crippen molar-refractivity contribution in [3.8, 4) is 0 Å². The van der Waals surface area contributed by atoms with Gasteiger partial charge in [-0.25, -0.2) is 0 Å². The molecule has 0 unspecified atom stereocenters. The largest absolute Gasteiger partial charge is 0.480 e. The molecule has 0 bridgehead atoms. The SMILES string of the molecule is O=C1CCC(=O)C(C(=O)O)(C(=O)O)C1. The number of carbonyl (C=O) groups excluding carboxylic acids is 2. The Hall–Kier alpha value is -1.72. The predicted octanol–water partition coefficient (Wildman–Crippen LogP) is -0.536. The van der Waals surface area contributed by atoms with Gasteiger partial charge in [0, 0.05) is 19.3 Å². The molecule has 1 fully saturated rings. The van der Waals surface area contributed by atoms with Crippen LogP contribution < -0.4 is 0 Å². The van der Waals surface area contributed by atoms with Gasteiger partial charge in [0.1, 0.15) is 5.78 Å². The average molecular weight is 200 g/mol. The molecular formula is C8H8O6. The third-order valence-corrected chi connectivity index (χ3v) is 2.30. The number of hydrogen-bond donors (Lipinski definition) is 2. The minimum absolute atomic E-state index is 0.0683. The first-order chi connectivity index (χ1) is 6.41. The Kier molecular flexibility index (Phi) is 2.37. The Morgan fingerprint density at radius 2 is 1.57 bits per heavy atom.